The molecule has 0 saturated carbocycles. The van der Waals surface area contributed by atoms with Gasteiger partial charge in [-0.05, 0) is 5.46 Å². The standard InChI is InChI=1S/C10H13BO3/c1-2-4-10(5-3-1)11-13-8-6-12-7-9-14-11/h1-5H,6-9H2. The Hall–Kier alpha value is -0.835. The highest BCUT2D eigenvalue weighted by atomic mass is 16.6. The van der Waals surface area contributed by atoms with Crippen LogP contribution in [0.5, 0.6) is 0 Å². The van der Waals surface area contributed by atoms with E-state index in [2.05, 4.69) is 0 Å². The van der Waals surface area contributed by atoms with Crippen LogP contribution in [-0.4, -0.2) is 33.5 Å². The van der Waals surface area contributed by atoms with Crippen LogP contribution in [0.2, 0.25) is 0 Å². The highest BCUT2D eigenvalue weighted by Gasteiger charge is 2.21. The molecule has 0 atom stereocenters. The maximum atomic E-state index is 5.52. The van der Waals surface area contributed by atoms with Crippen molar-refractivity contribution < 1.29 is 14.0 Å². The smallest absolute Gasteiger partial charge is 0.405 e. The van der Waals surface area contributed by atoms with Crippen molar-refractivity contribution in [2.24, 2.45) is 0 Å². The Bertz CT molecular complexity index is 257. The van der Waals surface area contributed by atoms with Gasteiger partial charge in [-0.15, -0.1) is 0 Å². The maximum Gasteiger partial charge on any atom is 0.494 e. The van der Waals surface area contributed by atoms with Crippen molar-refractivity contribution in [2.75, 3.05) is 26.4 Å². The lowest BCUT2D eigenvalue weighted by molar-refractivity contribution is 0.0387. The fourth-order valence-corrected chi connectivity index (χ4v) is 1.38. The summed E-state index contributed by atoms with van der Waals surface area (Å²) in [5.74, 6) is 0. The minimum absolute atomic E-state index is 0.236. The van der Waals surface area contributed by atoms with Crippen LogP contribution in [0.3, 0.4) is 0 Å². The third-order valence-corrected chi connectivity index (χ3v) is 2.07. The van der Waals surface area contributed by atoms with E-state index in [-0.39, 0.29) is 7.12 Å². The Morgan fingerprint density at radius 3 is 2.14 bits per heavy atom. The molecule has 1 fully saturated rings. The third kappa shape index (κ3) is 2.58. The quantitative estimate of drug-likeness (QED) is 0.604. The van der Waals surface area contributed by atoms with Gasteiger partial charge in [-0.25, -0.2) is 0 Å². The average Bonchev–Trinajstić information content (AvgIpc) is 2.18. The lowest BCUT2D eigenvalue weighted by atomic mass is 9.79. The number of hydrogen-bond donors (Lipinski definition) is 0. The highest BCUT2D eigenvalue weighted by molar-refractivity contribution is 6.61. The average molecular weight is 192 g/mol. The van der Waals surface area contributed by atoms with E-state index in [0.717, 1.165) is 5.46 Å². The van der Waals surface area contributed by atoms with E-state index in [4.69, 9.17) is 14.0 Å². The number of benzene rings is 1. The van der Waals surface area contributed by atoms with Crippen LogP contribution in [0.4, 0.5) is 0 Å². The predicted octanol–water partition coefficient (Wildman–Crippen LogP) is 0.445. The van der Waals surface area contributed by atoms with Crippen molar-refractivity contribution in [3.05, 3.63) is 30.3 Å². The first-order chi connectivity index (χ1) is 6.97. The van der Waals surface area contributed by atoms with E-state index in [1.807, 2.05) is 30.3 Å². The summed E-state index contributed by atoms with van der Waals surface area (Å²) in [5.41, 5.74) is 1.06. The fourth-order valence-electron chi connectivity index (χ4n) is 1.38. The zero-order chi connectivity index (χ0) is 9.64. The van der Waals surface area contributed by atoms with Gasteiger partial charge in [0, 0.05) is 0 Å². The van der Waals surface area contributed by atoms with Crippen molar-refractivity contribution in [3.63, 3.8) is 0 Å². The molecular weight excluding hydrogens is 179 g/mol. The second-order valence-electron chi connectivity index (χ2n) is 3.10. The van der Waals surface area contributed by atoms with E-state index < -0.39 is 0 Å². The molecule has 1 aliphatic heterocycles. The van der Waals surface area contributed by atoms with E-state index >= 15 is 0 Å². The van der Waals surface area contributed by atoms with Gasteiger partial charge in [-0.3, -0.25) is 0 Å². The molecule has 2 rings (SSSR count). The van der Waals surface area contributed by atoms with Gasteiger partial charge in [0.05, 0.1) is 26.4 Å². The molecule has 0 amide bonds. The molecule has 0 aromatic heterocycles. The van der Waals surface area contributed by atoms with Gasteiger partial charge in [0.25, 0.3) is 0 Å². The van der Waals surface area contributed by atoms with E-state index in [1.165, 1.54) is 0 Å². The summed E-state index contributed by atoms with van der Waals surface area (Å²) < 4.78 is 16.3. The minimum atomic E-state index is -0.236. The second-order valence-corrected chi connectivity index (χ2v) is 3.10. The Morgan fingerprint density at radius 1 is 0.857 bits per heavy atom. The summed E-state index contributed by atoms with van der Waals surface area (Å²) in [6, 6.07) is 9.96. The molecule has 4 heteroatoms. The van der Waals surface area contributed by atoms with Crippen molar-refractivity contribution in [1.82, 2.24) is 0 Å². The van der Waals surface area contributed by atoms with Crippen LogP contribution in [0.25, 0.3) is 0 Å². The largest absolute Gasteiger partial charge is 0.494 e. The molecule has 0 aliphatic carbocycles. The summed E-state index contributed by atoms with van der Waals surface area (Å²) >= 11 is 0. The molecule has 3 nitrogen and oxygen atoms in total. The number of hydrogen-bond acceptors (Lipinski definition) is 3. The van der Waals surface area contributed by atoms with Gasteiger partial charge < -0.3 is 14.0 Å². The lowest BCUT2D eigenvalue weighted by Gasteiger charge is -2.18. The highest BCUT2D eigenvalue weighted by Crippen LogP contribution is 1.96. The van der Waals surface area contributed by atoms with Gasteiger partial charge >= 0.3 is 7.12 Å². The van der Waals surface area contributed by atoms with Crippen LogP contribution in [0, 0.1) is 0 Å². The number of rotatable bonds is 1. The van der Waals surface area contributed by atoms with Gasteiger partial charge in [-0.2, -0.15) is 0 Å². The maximum absolute atomic E-state index is 5.52. The normalized spacial score (nSPS) is 18.7. The molecule has 0 radical (unpaired) electrons. The third-order valence-electron chi connectivity index (χ3n) is 2.07. The molecule has 1 aliphatic rings. The minimum Gasteiger partial charge on any atom is -0.405 e. The number of ether oxygens (including phenoxy) is 1. The lowest BCUT2D eigenvalue weighted by Crippen LogP contribution is -2.40. The van der Waals surface area contributed by atoms with Gasteiger partial charge in [-0.1, -0.05) is 30.3 Å². The second kappa shape index (κ2) is 5.15. The summed E-state index contributed by atoms with van der Waals surface area (Å²) in [7, 11) is -0.236. The van der Waals surface area contributed by atoms with Gasteiger partial charge in [0.1, 0.15) is 0 Å². The Kier molecular flexibility index (Phi) is 3.57. The van der Waals surface area contributed by atoms with Crippen LogP contribution in [-0.2, 0) is 14.0 Å². The summed E-state index contributed by atoms with van der Waals surface area (Å²) in [6.45, 7) is 2.46. The van der Waals surface area contributed by atoms with Crippen LogP contribution >= 0.6 is 0 Å². The van der Waals surface area contributed by atoms with E-state index in [1.54, 1.807) is 0 Å². The van der Waals surface area contributed by atoms with Gasteiger partial charge in [0.2, 0.25) is 0 Å². The van der Waals surface area contributed by atoms with Crippen molar-refractivity contribution in [2.45, 2.75) is 0 Å². The molecule has 1 heterocycles. The Balaban J connectivity index is 2.01. The summed E-state index contributed by atoms with van der Waals surface area (Å²) in [4.78, 5) is 0. The van der Waals surface area contributed by atoms with E-state index in [0.29, 0.717) is 26.4 Å². The van der Waals surface area contributed by atoms with E-state index in [9.17, 15) is 0 Å². The first kappa shape index (κ1) is 9.71. The van der Waals surface area contributed by atoms with Gasteiger partial charge in [0.15, 0.2) is 0 Å². The first-order valence-electron chi connectivity index (χ1n) is 4.83. The zero-order valence-electron chi connectivity index (χ0n) is 8.02. The molecule has 74 valence electrons. The van der Waals surface area contributed by atoms with Crippen LogP contribution < -0.4 is 5.46 Å². The molecule has 0 bridgehead atoms. The van der Waals surface area contributed by atoms with Crippen molar-refractivity contribution in [1.29, 1.82) is 0 Å². The molecule has 0 unspecified atom stereocenters. The fraction of sp³-hybridized carbons (Fsp3) is 0.400. The summed E-state index contributed by atoms with van der Waals surface area (Å²) in [5, 5.41) is 0. The first-order valence-corrected chi connectivity index (χ1v) is 4.83. The molecule has 1 aromatic carbocycles. The van der Waals surface area contributed by atoms with Crippen LogP contribution in [0.1, 0.15) is 0 Å². The van der Waals surface area contributed by atoms with Crippen molar-refractivity contribution >= 4 is 12.6 Å². The predicted molar refractivity (Wildman–Crippen MR) is 54.6 cm³/mol. The Labute approximate surface area is 84.1 Å². The SMILES string of the molecule is c1ccc(B2OCCOCCO2)cc1. The zero-order valence-corrected chi connectivity index (χ0v) is 8.02. The molecule has 1 aromatic rings. The Morgan fingerprint density at radius 2 is 1.50 bits per heavy atom. The molecule has 0 spiro atoms. The van der Waals surface area contributed by atoms with Crippen molar-refractivity contribution in [3.8, 4) is 0 Å². The molecular formula is C10H13BO3. The van der Waals surface area contributed by atoms with Crippen LogP contribution in [0.15, 0.2) is 30.3 Å². The summed E-state index contributed by atoms with van der Waals surface area (Å²) in [6.07, 6.45) is 0. The monoisotopic (exact) mass is 192 g/mol. The molecule has 1 saturated heterocycles. The molecule has 14 heavy (non-hydrogen) atoms. The molecule has 0 N–H and O–H groups in total. The topological polar surface area (TPSA) is 27.7 Å².